The number of fused-ring (bicyclic) bond motifs is 1. The molecular formula is C26H32N2O4. The van der Waals surface area contributed by atoms with E-state index in [1.165, 1.54) is 0 Å². The number of pyridine rings is 1. The molecule has 6 nitrogen and oxygen atoms in total. The second-order valence-electron chi connectivity index (χ2n) is 9.02. The van der Waals surface area contributed by atoms with Crippen molar-refractivity contribution in [3.8, 4) is 16.9 Å². The van der Waals surface area contributed by atoms with E-state index in [1.807, 2.05) is 71.0 Å². The van der Waals surface area contributed by atoms with Gasteiger partial charge < -0.3 is 14.5 Å². The maximum atomic E-state index is 12.7. The molecule has 1 aromatic heterocycles. The minimum absolute atomic E-state index is 0.0976. The van der Waals surface area contributed by atoms with Gasteiger partial charge in [0.15, 0.2) is 0 Å². The highest BCUT2D eigenvalue weighted by molar-refractivity contribution is 6.00. The average molecular weight is 437 g/mol. The minimum atomic E-state index is -0.564. The number of aryl methyl sites for hydroxylation is 2. The van der Waals surface area contributed by atoms with Crippen LogP contribution in [0.1, 0.15) is 45.2 Å². The summed E-state index contributed by atoms with van der Waals surface area (Å²) in [5.41, 5.74) is 4.31. The number of H-pyrrole nitrogens is 1. The van der Waals surface area contributed by atoms with E-state index in [-0.39, 0.29) is 11.7 Å². The number of hydrogen-bond acceptors (Lipinski definition) is 4. The van der Waals surface area contributed by atoms with Crippen molar-refractivity contribution >= 4 is 22.7 Å². The molecule has 3 aromatic rings. The lowest BCUT2D eigenvalue weighted by Crippen LogP contribution is -2.37. The van der Waals surface area contributed by atoms with E-state index in [1.54, 1.807) is 18.9 Å². The number of amides is 1. The molecule has 0 spiro atoms. The highest BCUT2D eigenvalue weighted by Crippen LogP contribution is 2.39. The second kappa shape index (κ2) is 9.07. The Morgan fingerprint density at radius 1 is 1.06 bits per heavy atom. The van der Waals surface area contributed by atoms with Crippen molar-refractivity contribution in [1.29, 1.82) is 0 Å². The van der Waals surface area contributed by atoms with E-state index in [0.717, 1.165) is 45.5 Å². The van der Waals surface area contributed by atoms with Crippen LogP contribution in [0.25, 0.3) is 22.0 Å². The van der Waals surface area contributed by atoms with Gasteiger partial charge in [0.25, 0.3) is 5.56 Å². The van der Waals surface area contributed by atoms with Crippen molar-refractivity contribution in [1.82, 2.24) is 4.98 Å². The smallest absolute Gasteiger partial charge is 0.414 e. The molecule has 0 atom stereocenters. The molecule has 2 aromatic carbocycles. The normalized spacial score (nSPS) is 11.5. The average Bonchev–Trinajstić information content (AvgIpc) is 2.72. The van der Waals surface area contributed by atoms with Crippen molar-refractivity contribution in [2.45, 2.75) is 53.6 Å². The number of benzene rings is 2. The SMILES string of the molecule is CCCN(C(=O)OC(C)(C)C)c1ccc(-c2c(OC)cc(C)c3[nH]c(=O)c(C)cc23)cc1. The van der Waals surface area contributed by atoms with E-state index in [4.69, 9.17) is 9.47 Å². The summed E-state index contributed by atoms with van der Waals surface area (Å²) in [7, 11) is 1.64. The summed E-state index contributed by atoms with van der Waals surface area (Å²) in [5, 5.41) is 0.921. The third-order valence-electron chi connectivity index (χ3n) is 5.23. The van der Waals surface area contributed by atoms with E-state index in [0.29, 0.717) is 12.1 Å². The molecule has 0 aliphatic heterocycles. The number of carbonyl (C=O) groups is 1. The van der Waals surface area contributed by atoms with Gasteiger partial charge >= 0.3 is 6.09 Å². The van der Waals surface area contributed by atoms with Gasteiger partial charge in [0, 0.05) is 28.7 Å². The van der Waals surface area contributed by atoms with E-state index < -0.39 is 5.60 Å². The summed E-state index contributed by atoms with van der Waals surface area (Å²) in [4.78, 5) is 29.6. The number of rotatable bonds is 5. The maximum absolute atomic E-state index is 12.7. The summed E-state index contributed by atoms with van der Waals surface area (Å²) < 4.78 is 11.3. The first-order chi connectivity index (χ1) is 15.1. The monoisotopic (exact) mass is 436 g/mol. The van der Waals surface area contributed by atoms with Crippen molar-refractivity contribution in [2.75, 3.05) is 18.6 Å². The molecule has 3 rings (SSSR count). The fourth-order valence-electron chi connectivity index (χ4n) is 3.75. The van der Waals surface area contributed by atoms with Gasteiger partial charge in [-0.3, -0.25) is 9.69 Å². The Balaban J connectivity index is 2.10. The lowest BCUT2D eigenvalue weighted by Gasteiger charge is -2.27. The Hall–Kier alpha value is -3.28. The van der Waals surface area contributed by atoms with Crippen LogP contribution in [-0.2, 0) is 4.74 Å². The van der Waals surface area contributed by atoms with Gasteiger partial charge in [-0.15, -0.1) is 0 Å². The molecule has 0 saturated carbocycles. The zero-order valence-electron chi connectivity index (χ0n) is 20.0. The summed E-state index contributed by atoms with van der Waals surface area (Å²) >= 11 is 0. The van der Waals surface area contributed by atoms with Crippen LogP contribution in [0.15, 0.2) is 41.2 Å². The number of aromatic amines is 1. The van der Waals surface area contributed by atoms with Gasteiger partial charge in [-0.1, -0.05) is 19.1 Å². The molecule has 0 aliphatic rings. The van der Waals surface area contributed by atoms with Crippen LogP contribution >= 0.6 is 0 Å². The molecule has 0 aliphatic carbocycles. The first kappa shape index (κ1) is 23.4. The lowest BCUT2D eigenvalue weighted by molar-refractivity contribution is 0.0580. The van der Waals surface area contributed by atoms with Gasteiger partial charge in [0.05, 0.1) is 12.6 Å². The molecule has 0 radical (unpaired) electrons. The Morgan fingerprint density at radius 2 is 1.72 bits per heavy atom. The topological polar surface area (TPSA) is 71.6 Å². The molecule has 0 saturated heterocycles. The highest BCUT2D eigenvalue weighted by atomic mass is 16.6. The molecule has 1 heterocycles. The third kappa shape index (κ3) is 4.79. The Morgan fingerprint density at radius 3 is 2.28 bits per heavy atom. The van der Waals surface area contributed by atoms with Gasteiger partial charge in [-0.2, -0.15) is 0 Å². The largest absolute Gasteiger partial charge is 0.496 e. The van der Waals surface area contributed by atoms with E-state index >= 15 is 0 Å². The van der Waals surface area contributed by atoms with Gasteiger partial charge in [0.1, 0.15) is 11.4 Å². The number of aromatic nitrogens is 1. The fourth-order valence-corrected chi connectivity index (χ4v) is 3.75. The van der Waals surface area contributed by atoms with Gasteiger partial charge in [0.2, 0.25) is 0 Å². The molecule has 1 amide bonds. The second-order valence-corrected chi connectivity index (χ2v) is 9.02. The maximum Gasteiger partial charge on any atom is 0.414 e. The predicted molar refractivity (Wildman–Crippen MR) is 130 cm³/mol. The first-order valence-electron chi connectivity index (χ1n) is 10.9. The number of hydrogen-bond donors (Lipinski definition) is 1. The molecule has 170 valence electrons. The zero-order chi connectivity index (χ0) is 23.6. The zero-order valence-corrected chi connectivity index (χ0v) is 20.0. The molecule has 32 heavy (non-hydrogen) atoms. The standard InChI is InChI=1S/C26H32N2O4/c1-8-13-28(25(30)32-26(4,5)6)19-11-9-18(10-12-19)22-20-14-17(3)24(29)27-23(20)16(2)15-21(22)31-7/h9-12,14-15H,8,13H2,1-7H3,(H,27,29). The van der Waals surface area contributed by atoms with Crippen LogP contribution in [0, 0.1) is 13.8 Å². The van der Waals surface area contributed by atoms with E-state index in [9.17, 15) is 9.59 Å². The third-order valence-corrected chi connectivity index (χ3v) is 5.23. The quantitative estimate of drug-likeness (QED) is 0.535. The molecule has 0 fully saturated rings. The molecule has 1 N–H and O–H groups in total. The highest BCUT2D eigenvalue weighted by Gasteiger charge is 2.23. The molecular weight excluding hydrogens is 404 g/mol. The molecule has 6 heteroatoms. The molecule has 0 bridgehead atoms. The van der Waals surface area contributed by atoms with Crippen LogP contribution in [-0.4, -0.2) is 30.3 Å². The summed E-state index contributed by atoms with van der Waals surface area (Å²) in [5.74, 6) is 0.728. The number of nitrogens with zero attached hydrogens (tertiary/aromatic N) is 1. The van der Waals surface area contributed by atoms with Crippen LogP contribution in [0.4, 0.5) is 10.5 Å². The summed E-state index contributed by atoms with van der Waals surface area (Å²) in [6.07, 6.45) is 0.447. The lowest BCUT2D eigenvalue weighted by atomic mass is 9.96. The summed E-state index contributed by atoms with van der Waals surface area (Å²) in [6.45, 7) is 11.9. The number of nitrogens with one attached hydrogen (secondary N) is 1. The van der Waals surface area contributed by atoms with Crippen LogP contribution < -0.4 is 15.2 Å². The number of carbonyl (C=O) groups excluding carboxylic acids is 1. The number of ether oxygens (including phenoxy) is 2. The van der Waals surface area contributed by atoms with E-state index in [2.05, 4.69) is 4.98 Å². The van der Waals surface area contributed by atoms with Crippen LogP contribution in [0.3, 0.4) is 0 Å². The van der Waals surface area contributed by atoms with Crippen molar-refractivity contribution in [3.05, 3.63) is 57.9 Å². The van der Waals surface area contributed by atoms with Crippen LogP contribution in [0.5, 0.6) is 5.75 Å². The van der Waals surface area contributed by atoms with Crippen LogP contribution in [0.2, 0.25) is 0 Å². The number of methoxy groups -OCH3 is 1. The predicted octanol–water partition coefficient (Wildman–Crippen LogP) is 5.97. The Labute approximate surface area is 189 Å². The van der Waals surface area contributed by atoms with Crippen molar-refractivity contribution in [2.24, 2.45) is 0 Å². The molecule has 0 unspecified atom stereocenters. The number of anilines is 1. The van der Waals surface area contributed by atoms with Gasteiger partial charge in [-0.25, -0.2) is 4.79 Å². The van der Waals surface area contributed by atoms with Gasteiger partial charge in [-0.05, 0) is 76.4 Å². The Kier molecular flexibility index (Phi) is 6.63. The van der Waals surface area contributed by atoms with Crippen molar-refractivity contribution < 1.29 is 14.3 Å². The Bertz CT molecular complexity index is 1190. The summed E-state index contributed by atoms with van der Waals surface area (Å²) in [6, 6.07) is 11.6. The fraction of sp³-hybridized carbons (Fsp3) is 0.385. The minimum Gasteiger partial charge on any atom is -0.496 e. The van der Waals surface area contributed by atoms with Crippen molar-refractivity contribution in [3.63, 3.8) is 0 Å². The first-order valence-corrected chi connectivity index (χ1v) is 10.9.